The average molecular weight is 365 g/mol. The normalized spacial score (nSPS) is 14.3. The zero-order valence-electron chi connectivity index (χ0n) is 13.8. The Bertz CT molecular complexity index is 705. The molecular weight excluding hydrogens is 343 g/mol. The highest BCUT2D eigenvalue weighted by Crippen LogP contribution is 2.31. The molecule has 0 aromatic heterocycles. The predicted octanol–water partition coefficient (Wildman–Crippen LogP) is 3.29. The van der Waals surface area contributed by atoms with Crippen molar-refractivity contribution < 1.29 is 13.9 Å². The quantitative estimate of drug-likeness (QED) is 0.792. The molecule has 1 aliphatic rings. The fourth-order valence-corrected chi connectivity index (χ4v) is 2.52. The van der Waals surface area contributed by atoms with Gasteiger partial charge in [-0.2, -0.15) is 0 Å². The summed E-state index contributed by atoms with van der Waals surface area (Å²) in [5, 5.41) is 2.87. The van der Waals surface area contributed by atoms with Crippen molar-refractivity contribution in [2.45, 2.75) is 25.5 Å². The van der Waals surface area contributed by atoms with Gasteiger partial charge < -0.3 is 15.8 Å². The second-order valence-electron chi connectivity index (χ2n) is 6.12. The molecule has 0 aliphatic heterocycles. The Kier molecular flexibility index (Phi) is 6.79. The van der Waals surface area contributed by atoms with Gasteiger partial charge in [0.2, 0.25) is 0 Å². The van der Waals surface area contributed by atoms with Crippen molar-refractivity contribution in [3.63, 3.8) is 0 Å². The number of rotatable bonds is 7. The van der Waals surface area contributed by atoms with E-state index in [1.54, 1.807) is 30.3 Å². The van der Waals surface area contributed by atoms with Gasteiger partial charge in [-0.15, -0.1) is 12.4 Å². The summed E-state index contributed by atoms with van der Waals surface area (Å²) in [5.41, 5.74) is 7.32. The number of nitrogens with two attached hydrogens (primary N) is 1. The van der Waals surface area contributed by atoms with Gasteiger partial charge >= 0.3 is 0 Å². The zero-order valence-corrected chi connectivity index (χ0v) is 14.6. The van der Waals surface area contributed by atoms with Crippen LogP contribution < -0.4 is 15.8 Å². The Hall–Kier alpha value is -2.11. The van der Waals surface area contributed by atoms with Crippen LogP contribution >= 0.6 is 12.4 Å². The van der Waals surface area contributed by atoms with Crippen molar-refractivity contribution in [2.24, 2.45) is 11.7 Å². The highest BCUT2D eigenvalue weighted by molar-refractivity contribution is 5.96. The average Bonchev–Trinajstić information content (AvgIpc) is 3.44. The summed E-state index contributed by atoms with van der Waals surface area (Å²) in [6.07, 6.45) is 2.29. The van der Waals surface area contributed by atoms with Gasteiger partial charge in [0.05, 0.1) is 5.56 Å². The van der Waals surface area contributed by atoms with Crippen LogP contribution in [0.4, 0.5) is 4.39 Å². The molecule has 0 bridgehead atoms. The largest absolute Gasteiger partial charge is 0.488 e. The van der Waals surface area contributed by atoms with Crippen molar-refractivity contribution in [2.75, 3.05) is 6.54 Å². The van der Waals surface area contributed by atoms with Gasteiger partial charge in [0.15, 0.2) is 0 Å². The van der Waals surface area contributed by atoms with E-state index in [1.807, 2.05) is 6.07 Å². The molecule has 3 rings (SSSR count). The van der Waals surface area contributed by atoms with Crippen LogP contribution in [0.2, 0.25) is 0 Å². The molecule has 3 N–H and O–H groups in total. The molecule has 134 valence electrons. The van der Waals surface area contributed by atoms with Crippen molar-refractivity contribution in [3.8, 4) is 5.75 Å². The predicted molar refractivity (Wildman–Crippen MR) is 97.5 cm³/mol. The number of carbonyl (C=O) groups is 1. The number of ether oxygens (including phenoxy) is 1. The number of amides is 1. The molecule has 25 heavy (non-hydrogen) atoms. The fourth-order valence-electron chi connectivity index (χ4n) is 2.52. The number of nitrogens with one attached hydrogen (secondary N) is 1. The van der Waals surface area contributed by atoms with Gasteiger partial charge in [-0.1, -0.05) is 24.3 Å². The second-order valence-corrected chi connectivity index (χ2v) is 6.12. The Morgan fingerprint density at radius 3 is 2.56 bits per heavy atom. The number of para-hydroxylation sites is 1. The summed E-state index contributed by atoms with van der Waals surface area (Å²) in [6.45, 7) is 0.738. The first-order valence-electron chi connectivity index (χ1n) is 8.13. The van der Waals surface area contributed by atoms with Crippen LogP contribution in [0.15, 0.2) is 48.5 Å². The lowest BCUT2D eigenvalue weighted by Gasteiger charge is -2.14. The maximum atomic E-state index is 12.9. The van der Waals surface area contributed by atoms with E-state index < -0.39 is 0 Å². The maximum Gasteiger partial charge on any atom is 0.255 e. The third-order valence-corrected chi connectivity index (χ3v) is 4.17. The molecule has 1 aliphatic carbocycles. The van der Waals surface area contributed by atoms with Crippen LogP contribution in [0, 0.1) is 11.7 Å². The first-order chi connectivity index (χ1) is 11.6. The van der Waals surface area contributed by atoms with Gasteiger partial charge in [0.25, 0.3) is 5.91 Å². The van der Waals surface area contributed by atoms with E-state index in [0.29, 0.717) is 23.8 Å². The molecule has 0 radical (unpaired) electrons. The van der Waals surface area contributed by atoms with Gasteiger partial charge in [-0.25, -0.2) is 4.39 Å². The Balaban J connectivity index is 0.00000225. The van der Waals surface area contributed by atoms with Crippen LogP contribution in [-0.4, -0.2) is 18.5 Å². The summed E-state index contributed by atoms with van der Waals surface area (Å²) in [5.74, 6) is 0.556. The maximum absolute atomic E-state index is 12.9. The topological polar surface area (TPSA) is 64.3 Å². The molecule has 0 heterocycles. The van der Waals surface area contributed by atoms with Crippen molar-refractivity contribution in [1.82, 2.24) is 5.32 Å². The van der Waals surface area contributed by atoms with Crippen LogP contribution in [0.1, 0.15) is 28.8 Å². The van der Waals surface area contributed by atoms with E-state index in [2.05, 4.69) is 5.32 Å². The van der Waals surface area contributed by atoms with E-state index in [0.717, 1.165) is 18.4 Å². The van der Waals surface area contributed by atoms with Crippen LogP contribution in [0.5, 0.6) is 5.75 Å². The molecule has 1 amide bonds. The van der Waals surface area contributed by atoms with E-state index in [1.165, 1.54) is 12.1 Å². The highest BCUT2D eigenvalue weighted by atomic mass is 35.5. The minimum atomic E-state index is -0.287. The Morgan fingerprint density at radius 2 is 1.88 bits per heavy atom. The van der Waals surface area contributed by atoms with Crippen LogP contribution in [0.25, 0.3) is 0 Å². The van der Waals surface area contributed by atoms with E-state index in [4.69, 9.17) is 10.5 Å². The minimum Gasteiger partial charge on any atom is -0.488 e. The smallest absolute Gasteiger partial charge is 0.255 e. The van der Waals surface area contributed by atoms with E-state index >= 15 is 0 Å². The first kappa shape index (κ1) is 19.2. The molecule has 1 saturated carbocycles. The Morgan fingerprint density at radius 1 is 1.20 bits per heavy atom. The summed E-state index contributed by atoms with van der Waals surface area (Å²) < 4.78 is 18.7. The summed E-state index contributed by atoms with van der Waals surface area (Å²) in [4.78, 5) is 12.4. The monoisotopic (exact) mass is 364 g/mol. The summed E-state index contributed by atoms with van der Waals surface area (Å²) >= 11 is 0. The molecule has 1 fully saturated rings. The molecule has 0 saturated heterocycles. The third-order valence-electron chi connectivity index (χ3n) is 4.17. The lowest BCUT2D eigenvalue weighted by atomic mass is 10.1. The SMILES string of the molecule is Cl.NC(CNC(=O)c1ccccc1OCc1ccc(F)cc1)C1CC1. The molecule has 1 unspecified atom stereocenters. The van der Waals surface area contributed by atoms with Gasteiger partial charge in [0, 0.05) is 12.6 Å². The molecular formula is C19H22ClFN2O2. The molecule has 1 atom stereocenters. The molecule has 0 spiro atoms. The van der Waals surface area contributed by atoms with Crippen molar-refractivity contribution in [1.29, 1.82) is 0 Å². The first-order valence-corrected chi connectivity index (χ1v) is 8.13. The van der Waals surface area contributed by atoms with Crippen molar-refractivity contribution in [3.05, 3.63) is 65.5 Å². The van der Waals surface area contributed by atoms with E-state index in [9.17, 15) is 9.18 Å². The van der Waals surface area contributed by atoms with Crippen LogP contribution in [-0.2, 0) is 6.61 Å². The lowest BCUT2D eigenvalue weighted by molar-refractivity contribution is 0.0945. The Labute approximate surface area is 153 Å². The highest BCUT2D eigenvalue weighted by Gasteiger charge is 2.28. The summed E-state index contributed by atoms with van der Waals surface area (Å²) in [6, 6.07) is 13.2. The van der Waals surface area contributed by atoms with Crippen molar-refractivity contribution >= 4 is 18.3 Å². The molecule has 6 heteroatoms. The zero-order chi connectivity index (χ0) is 16.9. The standard InChI is InChI=1S/C19H21FN2O2.ClH/c20-15-9-5-13(6-10-15)12-24-18-4-2-1-3-16(18)19(23)22-11-17(21)14-7-8-14;/h1-6,9-10,14,17H,7-8,11-12,21H2,(H,22,23);1H. The molecule has 2 aromatic rings. The van der Waals surface area contributed by atoms with Gasteiger partial charge in [-0.3, -0.25) is 4.79 Å². The van der Waals surface area contributed by atoms with Crippen LogP contribution in [0.3, 0.4) is 0 Å². The lowest BCUT2D eigenvalue weighted by Crippen LogP contribution is -2.38. The van der Waals surface area contributed by atoms with Gasteiger partial charge in [-0.05, 0) is 48.6 Å². The summed E-state index contributed by atoms with van der Waals surface area (Å²) in [7, 11) is 0. The molecule has 2 aromatic carbocycles. The fraction of sp³-hybridized carbons (Fsp3) is 0.316. The minimum absolute atomic E-state index is 0. The van der Waals surface area contributed by atoms with E-state index in [-0.39, 0.29) is 36.8 Å². The third kappa shape index (κ3) is 5.44. The number of carbonyl (C=O) groups excluding carboxylic acids is 1. The van der Waals surface area contributed by atoms with Gasteiger partial charge in [0.1, 0.15) is 18.2 Å². The molecule has 4 nitrogen and oxygen atoms in total. The number of benzene rings is 2. The number of hydrogen-bond donors (Lipinski definition) is 2. The number of halogens is 2. The second kappa shape index (κ2) is 8.83. The number of hydrogen-bond acceptors (Lipinski definition) is 3.